The average Bonchev–Trinajstić information content (AvgIpc) is 3.05. The summed E-state index contributed by atoms with van der Waals surface area (Å²) >= 11 is 5.87. The molecule has 4 nitrogen and oxygen atoms in total. The van der Waals surface area contributed by atoms with Crippen molar-refractivity contribution in [3.05, 3.63) is 64.3 Å². The summed E-state index contributed by atoms with van der Waals surface area (Å²) in [5.41, 5.74) is 3.66. The van der Waals surface area contributed by atoms with Crippen molar-refractivity contribution in [2.45, 2.75) is 33.6 Å². The Hall–Kier alpha value is -2.33. The fraction of sp³-hybridized carbons (Fsp3) is 0.300. The smallest absolute Gasteiger partial charge is 0.273 e. The molecule has 0 atom stereocenters. The van der Waals surface area contributed by atoms with Gasteiger partial charge in [0.2, 0.25) is 0 Å². The van der Waals surface area contributed by atoms with E-state index in [1.807, 2.05) is 18.2 Å². The third-order valence-electron chi connectivity index (χ3n) is 3.68. The van der Waals surface area contributed by atoms with Crippen LogP contribution in [0.5, 0.6) is 0 Å². The van der Waals surface area contributed by atoms with E-state index in [9.17, 15) is 4.79 Å². The summed E-state index contributed by atoms with van der Waals surface area (Å²) in [7, 11) is 0. The maximum Gasteiger partial charge on any atom is 0.273 e. The molecule has 0 aliphatic rings. The Labute approximate surface area is 153 Å². The van der Waals surface area contributed by atoms with Crippen LogP contribution in [-0.2, 0) is 0 Å². The van der Waals surface area contributed by atoms with E-state index >= 15 is 0 Å². The molecule has 0 radical (unpaired) electrons. The summed E-state index contributed by atoms with van der Waals surface area (Å²) in [6.45, 7) is 6.73. The highest BCUT2D eigenvalue weighted by Crippen LogP contribution is 2.22. The zero-order valence-electron chi connectivity index (χ0n) is 14.8. The number of nitrogens with one attached hydrogen (secondary N) is 1. The molecule has 0 saturated carbocycles. The highest BCUT2D eigenvalue weighted by molar-refractivity contribution is 6.30. The molecule has 1 amide bonds. The van der Waals surface area contributed by atoms with Gasteiger partial charge in [0.15, 0.2) is 11.5 Å². The first kappa shape index (κ1) is 19.0. The highest BCUT2D eigenvalue weighted by Gasteiger charge is 2.12. The number of allylic oxidation sites excluding steroid dienone is 3. The standard InChI is InChI=1S/C20H23ClN2O2/c1-14(2)5-4-6-15(3)11-12-22-20(24)18-13-19(25-23-18)16-7-9-17(21)10-8-16/h5,7-11,13H,4,6,12H2,1-3H3,(H,22,24)/b15-11+. The van der Waals surface area contributed by atoms with Crippen molar-refractivity contribution in [3.63, 3.8) is 0 Å². The molecule has 132 valence electrons. The van der Waals surface area contributed by atoms with Gasteiger partial charge in [-0.1, -0.05) is 40.1 Å². The minimum Gasteiger partial charge on any atom is -0.355 e. The van der Waals surface area contributed by atoms with Crippen molar-refractivity contribution < 1.29 is 9.32 Å². The minimum absolute atomic E-state index is 0.252. The van der Waals surface area contributed by atoms with Crippen molar-refractivity contribution in [2.24, 2.45) is 0 Å². The molecule has 2 aromatic rings. The molecule has 0 fully saturated rings. The molecule has 1 N–H and O–H groups in total. The molecule has 2 rings (SSSR count). The quantitative estimate of drug-likeness (QED) is 0.672. The van der Waals surface area contributed by atoms with Gasteiger partial charge in [-0.25, -0.2) is 0 Å². The molecule has 1 aromatic heterocycles. The maximum atomic E-state index is 12.1. The summed E-state index contributed by atoms with van der Waals surface area (Å²) < 4.78 is 5.24. The first-order chi connectivity index (χ1) is 12.0. The van der Waals surface area contributed by atoms with Gasteiger partial charge in [0, 0.05) is 23.2 Å². The van der Waals surface area contributed by atoms with E-state index in [1.54, 1.807) is 18.2 Å². The number of hydrogen-bond donors (Lipinski definition) is 1. The van der Waals surface area contributed by atoms with Gasteiger partial charge in [0.05, 0.1) is 0 Å². The van der Waals surface area contributed by atoms with Gasteiger partial charge in [-0.15, -0.1) is 0 Å². The van der Waals surface area contributed by atoms with E-state index in [-0.39, 0.29) is 11.6 Å². The summed E-state index contributed by atoms with van der Waals surface area (Å²) in [5, 5.41) is 7.31. The lowest BCUT2D eigenvalue weighted by molar-refractivity contribution is 0.0949. The van der Waals surface area contributed by atoms with E-state index in [2.05, 4.69) is 37.3 Å². The predicted molar refractivity (Wildman–Crippen MR) is 102 cm³/mol. The molecule has 0 unspecified atom stereocenters. The first-order valence-corrected chi connectivity index (χ1v) is 8.63. The summed E-state index contributed by atoms with van der Waals surface area (Å²) in [4.78, 5) is 12.1. The SMILES string of the molecule is CC(C)=CCC/C(C)=C/CNC(=O)c1cc(-c2ccc(Cl)cc2)on1. The van der Waals surface area contributed by atoms with E-state index in [4.69, 9.17) is 16.1 Å². The molecule has 0 saturated heterocycles. The Kier molecular flexibility index (Phi) is 7.02. The first-order valence-electron chi connectivity index (χ1n) is 8.25. The lowest BCUT2D eigenvalue weighted by Crippen LogP contribution is -2.23. The number of amides is 1. The van der Waals surface area contributed by atoms with Gasteiger partial charge in [-0.3, -0.25) is 4.79 Å². The number of carbonyl (C=O) groups excluding carboxylic acids is 1. The normalized spacial score (nSPS) is 11.3. The molecule has 1 aromatic carbocycles. The molecule has 0 spiro atoms. The van der Waals surface area contributed by atoms with Gasteiger partial charge in [0.25, 0.3) is 5.91 Å². The number of halogens is 1. The highest BCUT2D eigenvalue weighted by atomic mass is 35.5. The van der Waals surface area contributed by atoms with Crippen LogP contribution >= 0.6 is 11.6 Å². The van der Waals surface area contributed by atoms with Crippen LogP contribution < -0.4 is 5.32 Å². The van der Waals surface area contributed by atoms with Crippen LogP contribution in [0.15, 0.2) is 58.2 Å². The van der Waals surface area contributed by atoms with Crippen molar-refractivity contribution in [1.29, 1.82) is 0 Å². The van der Waals surface area contributed by atoms with Crippen molar-refractivity contribution >= 4 is 17.5 Å². The number of hydrogen-bond acceptors (Lipinski definition) is 3. The molecule has 0 aliphatic heterocycles. The zero-order valence-corrected chi connectivity index (χ0v) is 15.6. The maximum absolute atomic E-state index is 12.1. The molecular formula is C20H23ClN2O2. The topological polar surface area (TPSA) is 55.1 Å². The van der Waals surface area contributed by atoms with Gasteiger partial charge in [0.1, 0.15) is 0 Å². The Morgan fingerprint density at radius 2 is 1.92 bits per heavy atom. The summed E-state index contributed by atoms with van der Waals surface area (Å²) in [5.74, 6) is 0.285. The van der Waals surface area contributed by atoms with Crippen LogP contribution in [0.25, 0.3) is 11.3 Å². The fourth-order valence-corrected chi connectivity index (χ4v) is 2.36. The lowest BCUT2D eigenvalue weighted by Gasteiger charge is -2.01. The average molecular weight is 359 g/mol. The van der Waals surface area contributed by atoms with E-state index in [1.165, 1.54) is 11.1 Å². The Morgan fingerprint density at radius 1 is 1.20 bits per heavy atom. The largest absolute Gasteiger partial charge is 0.355 e. The van der Waals surface area contributed by atoms with E-state index < -0.39 is 0 Å². The lowest BCUT2D eigenvalue weighted by atomic mass is 10.1. The van der Waals surface area contributed by atoms with Gasteiger partial charge < -0.3 is 9.84 Å². The van der Waals surface area contributed by atoms with E-state index in [0.29, 0.717) is 17.3 Å². The Morgan fingerprint density at radius 3 is 2.60 bits per heavy atom. The molecule has 25 heavy (non-hydrogen) atoms. The molecule has 5 heteroatoms. The predicted octanol–water partition coefficient (Wildman–Crippen LogP) is 5.42. The van der Waals surface area contributed by atoms with Crippen LogP contribution in [0.3, 0.4) is 0 Å². The third-order valence-corrected chi connectivity index (χ3v) is 3.93. The second-order valence-corrected chi connectivity index (χ2v) is 6.60. The summed E-state index contributed by atoms with van der Waals surface area (Å²) in [6, 6.07) is 8.81. The fourth-order valence-electron chi connectivity index (χ4n) is 2.23. The molecule has 0 bridgehead atoms. The van der Waals surface area contributed by atoms with Crippen LogP contribution in [0.2, 0.25) is 5.02 Å². The van der Waals surface area contributed by atoms with Gasteiger partial charge in [-0.2, -0.15) is 0 Å². The second kappa shape index (κ2) is 9.23. The van der Waals surface area contributed by atoms with E-state index in [0.717, 1.165) is 18.4 Å². The number of aromatic nitrogens is 1. The van der Waals surface area contributed by atoms with Crippen molar-refractivity contribution in [2.75, 3.05) is 6.54 Å². The van der Waals surface area contributed by atoms with Gasteiger partial charge in [-0.05, 0) is 57.9 Å². The zero-order chi connectivity index (χ0) is 18.2. The number of carbonyl (C=O) groups is 1. The molecule has 0 aliphatic carbocycles. The molecule has 1 heterocycles. The second-order valence-electron chi connectivity index (χ2n) is 6.16. The van der Waals surface area contributed by atoms with Crippen molar-refractivity contribution in [3.8, 4) is 11.3 Å². The van der Waals surface area contributed by atoms with Crippen LogP contribution in [0.4, 0.5) is 0 Å². The summed E-state index contributed by atoms with van der Waals surface area (Å²) in [6.07, 6.45) is 6.25. The monoisotopic (exact) mass is 358 g/mol. The van der Waals surface area contributed by atoms with Crippen molar-refractivity contribution in [1.82, 2.24) is 10.5 Å². The Balaban J connectivity index is 1.87. The Bertz CT molecular complexity index is 769. The number of benzene rings is 1. The third kappa shape index (κ3) is 6.24. The minimum atomic E-state index is -0.252. The van der Waals surface area contributed by atoms with Gasteiger partial charge >= 0.3 is 0 Å². The van der Waals surface area contributed by atoms with Crippen LogP contribution in [0.1, 0.15) is 44.1 Å². The molecular weight excluding hydrogens is 336 g/mol. The van der Waals surface area contributed by atoms with Crippen LogP contribution in [-0.4, -0.2) is 17.6 Å². The van der Waals surface area contributed by atoms with Crippen LogP contribution in [0, 0.1) is 0 Å². The number of nitrogens with zero attached hydrogens (tertiary/aromatic N) is 1. The number of rotatable bonds is 7.